The first-order valence-corrected chi connectivity index (χ1v) is 9.82. The summed E-state index contributed by atoms with van der Waals surface area (Å²) in [5.41, 5.74) is 0.932. The Kier molecular flexibility index (Phi) is 7.59. The van der Waals surface area contributed by atoms with Crippen LogP contribution in [0.25, 0.3) is 11.3 Å². The number of hydrogen-bond acceptors (Lipinski definition) is 9. The number of halogens is 3. The highest BCUT2D eigenvalue weighted by Crippen LogP contribution is 2.32. The molecular weight excluding hydrogens is 473 g/mol. The van der Waals surface area contributed by atoms with Crippen molar-refractivity contribution >= 4 is 29.4 Å². The van der Waals surface area contributed by atoms with Gasteiger partial charge in [-0.1, -0.05) is 12.1 Å². The highest BCUT2D eigenvalue weighted by Gasteiger charge is 2.31. The standard InChI is InChI=1S/C22H19F3N4O6/c1-33-17-7-6-13(20(32)34-2)9-16(17)27-18-10-15(28-21(29-18)26-11-19(30)31)12-4-3-5-14(8-12)35-22(23,24)25/h3-10H,11H2,1-2H3,(H,30,31)(H2,26,27,28,29). The molecule has 35 heavy (non-hydrogen) atoms. The van der Waals surface area contributed by atoms with Crippen LogP contribution >= 0.6 is 0 Å². The van der Waals surface area contributed by atoms with Gasteiger partial charge in [-0.2, -0.15) is 4.98 Å². The lowest BCUT2D eigenvalue weighted by Crippen LogP contribution is -2.17. The molecule has 0 saturated heterocycles. The van der Waals surface area contributed by atoms with Gasteiger partial charge in [-0.25, -0.2) is 9.78 Å². The second kappa shape index (κ2) is 10.6. The molecule has 2 aromatic carbocycles. The number of carbonyl (C=O) groups excluding carboxylic acids is 1. The van der Waals surface area contributed by atoms with E-state index in [1.165, 1.54) is 50.6 Å². The van der Waals surface area contributed by atoms with E-state index >= 15 is 0 Å². The first-order valence-electron chi connectivity index (χ1n) is 9.82. The van der Waals surface area contributed by atoms with Gasteiger partial charge in [0.05, 0.1) is 31.2 Å². The number of anilines is 3. The van der Waals surface area contributed by atoms with E-state index in [4.69, 9.17) is 14.6 Å². The number of nitrogens with zero attached hydrogens (tertiary/aromatic N) is 2. The third kappa shape index (κ3) is 6.96. The van der Waals surface area contributed by atoms with Crippen molar-refractivity contribution in [2.45, 2.75) is 6.36 Å². The highest BCUT2D eigenvalue weighted by molar-refractivity contribution is 5.91. The van der Waals surface area contributed by atoms with E-state index in [-0.39, 0.29) is 28.6 Å². The molecule has 3 rings (SSSR count). The Hall–Kier alpha value is -4.55. The second-order valence-corrected chi connectivity index (χ2v) is 6.82. The van der Waals surface area contributed by atoms with Crippen LogP contribution in [0.4, 0.5) is 30.6 Å². The summed E-state index contributed by atoms with van der Waals surface area (Å²) in [7, 11) is 2.64. The Balaban J connectivity index is 2.04. The van der Waals surface area contributed by atoms with Crippen LogP contribution in [-0.4, -0.2) is 54.1 Å². The minimum Gasteiger partial charge on any atom is -0.495 e. The van der Waals surface area contributed by atoms with Crippen LogP contribution in [0, 0.1) is 0 Å². The molecule has 0 fully saturated rings. The zero-order chi connectivity index (χ0) is 25.6. The van der Waals surface area contributed by atoms with Crippen molar-refractivity contribution in [1.82, 2.24) is 9.97 Å². The van der Waals surface area contributed by atoms with Gasteiger partial charge in [0.1, 0.15) is 23.9 Å². The normalized spacial score (nSPS) is 10.9. The number of carboxylic acid groups (broad SMARTS) is 1. The minimum absolute atomic E-state index is 0.113. The minimum atomic E-state index is -4.88. The predicted octanol–water partition coefficient (Wildman–Crippen LogP) is 4.08. The topological polar surface area (TPSA) is 132 Å². The fourth-order valence-corrected chi connectivity index (χ4v) is 2.93. The monoisotopic (exact) mass is 492 g/mol. The van der Waals surface area contributed by atoms with E-state index in [1.807, 2.05) is 0 Å². The Morgan fingerprint density at radius 2 is 1.83 bits per heavy atom. The lowest BCUT2D eigenvalue weighted by molar-refractivity contribution is -0.274. The molecule has 3 aromatic rings. The number of alkyl halides is 3. The van der Waals surface area contributed by atoms with Gasteiger partial charge in [-0.15, -0.1) is 13.2 Å². The summed E-state index contributed by atoms with van der Waals surface area (Å²) in [6.07, 6.45) is -4.88. The Morgan fingerprint density at radius 3 is 2.49 bits per heavy atom. The third-order valence-corrected chi connectivity index (χ3v) is 4.37. The van der Waals surface area contributed by atoms with Crippen molar-refractivity contribution in [3.8, 4) is 22.8 Å². The van der Waals surface area contributed by atoms with Crippen LogP contribution in [0.2, 0.25) is 0 Å². The summed E-state index contributed by atoms with van der Waals surface area (Å²) in [5, 5.41) is 14.4. The molecule has 1 aromatic heterocycles. The molecule has 10 nitrogen and oxygen atoms in total. The van der Waals surface area contributed by atoms with E-state index in [0.29, 0.717) is 11.4 Å². The molecular formula is C22H19F3N4O6. The molecule has 0 radical (unpaired) electrons. The predicted molar refractivity (Wildman–Crippen MR) is 118 cm³/mol. The molecule has 1 heterocycles. The van der Waals surface area contributed by atoms with E-state index in [9.17, 15) is 22.8 Å². The number of methoxy groups -OCH3 is 2. The number of hydrogen-bond donors (Lipinski definition) is 3. The van der Waals surface area contributed by atoms with Crippen LogP contribution in [0.3, 0.4) is 0 Å². The quantitative estimate of drug-likeness (QED) is 0.376. The number of nitrogens with one attached hydrogen (secondary N) is 2. The van der Waals surface area contributed by atoms with Crippen LogP contribution < -0.4 is 20.1 Å². The molecule has 184 valence electrons. The van der Waals surface area contributed by atoms with Gasteiger partial charge >= 0.3 is 18.3 Å². The first kappa shape index (κ1) is 25.1. The Labute approximate surface area is 196 Å². The summed E-state index contributed by atoms with van der Waals surface area (Å²) in [5.74, 6) is -1.87. The number of esters is 1. The number of aromatic nitrogens is 2. The maximum atomic E-state index is 12.6. The maximum absolute atomic E-state index is 12.6. The van der Waals surface area contributed by atoms with E-state index in [2.05, 4.69) is 25.3 Å². The van der Waals surface area contributed by atoms with Gasteiger partial charge in [0.15, 0.2) is 0 Å². The fourth-order valence-electron chi connectivity index (χ4n) is 2.93. The third-order valence-electron chi connectivity index (χ3n) is 4.37. The molecule has 0 unspecified atom stereocenters. The Morgan fingerprint density at radius 1 is 1.06 bits per heavy atom. The smallest absolute Gasteiger partial charge is 0.495 e. The number of rotatable bonds is 9. The number of carboxylic acids is 1. The second-order valence-electron chi connectivity index (χ2n) is 6.82. The molecule has 0 saturated carbocycles. The zero-order valence-corrected chi connectivity index (χ0v) is 18.3. The van der Waals surface area contributed by atoms with Crippen molar-refractivity contribution in [1.29, 1.82) is 0 Å². The van der Waals surface area contributed by atoms with Crippen LogP contribution in [0.5, 0.6) is 11.5 Å². The van der Waals surface area contributed by atoms with E-state index in [1.54, 1.807) is 0 Å². The van der Waals surface area contributed by atoms with Crippen molar-refractivity contribution in [3.63, 3.8) is 0 Å². The largest absolute Gasteiger partial charge is 0.573 e. The molecule has 0 aliphatic carbocycles. The summed E-state index contributed by atoms with van der Waals surface area (Å²) >= 11 is 0. The molecule has 0 spiro atoms. The summed E-state index contributed by atoms with van der Waals surface area (Å²) in [6.45, 7) is -0.513. The number of benzene rings is 2. The van der Waals surface area contributed by atoms with Crippen LogP contribution in [0.15, 0.2) is 48.5 Å². The first-order chi connectivity index (χ1) is 16.6. The lowest BCUT2D eigenvalue weighted by atomic mass is 10.1. The van der Waals surface area contributed by atoms with Crippen molar-refractivity contribution in [3.05, 3.63) is 54.1 Å². The average Bonchev–Trinajstić information content (AvgIpc) is 2.81. The van der Waals surface area contributed by atoms with Crippen molar-refractivity contribution in [2.75, 3.05) is 31.4 Å². The molecule has 0 atom stereocenters. The Bertz CT molecular complexity index is 1240. The van der Waals surface area contributed by atoms with E-state index < -0.39 is 30.6 Å². The van der Waals surface area contributed by atoms with Gasteiger partial charge in [0.25, 0.3) is 0 Å². The molecule has 0 amide bonds. The lowest BCUT2D eigenvalue weighted by Gasteiger charge is -2.14. The van der Waals surface area contributed by atoms with Crippen molar-refractivity contribution < 1.29 is 42.1 Å². The van der Waals surface area contributed by atoms with Gasteiger partial charge in [0.2, 0.25) is 5.95 Å². The molecule has 0 aliphatic rings. The molecule has 3 N–H and O–H groups in total. The van der Waals surface area contributed by atoms with Gasteiger partial charge in [-0.05, 0) is 30.3 Å². The van der Waals surface area contributed by atoms with Gasteiger partial charge in [-0.3, -0.25) is 4.79 Å². The van der Waals surface area contributed by atoms with Gasteiger partial charge < -0.3 is 30.0 Å². The molecule has 0 aliphatic heterocycles. The summed E-state index contributed by atoms with van der Waals surface area (Å²) in [6, 6.07) is 11.0. The van der Waals surface area contributed by atoms with Crippen molar-refractivity contribution in [2.24, 2.45) is 0 Å². The fraction of sp³-hybridized carbons (Fsp3) is 0.182. The number of ether oxygens (including phenoxy) is 3. The van der Waals surface area contributed by atoms with Crippen LogP contribution in [0.1, 0.15) is 10.4 Å². The number of carbonyl (C=O) groups is 2. The average molecular weight is 492 g/mol. The summed E-state index contributed by atoms with van der Waals surface area (Å²) < 4.78 is 51.9. The van der Waals surface area contributed by atoms with Gasteiger partial charge in [0, 0.05) is 11.6 Å². The maximum Gasteiger partial charge on any atom is 0.573 e. The number of aliphatic carboxylic acids is 1. The summed E-state index contributed by atoms with van der Waals surface area (Å²) in [4.78, 5) is 31.3. The molecule has 13 heteroatoms. The molecule has 0 bridgehead atoms. The zero-order valence-electron chi connectivity index (χ0n) is 18.3. The van der Waals surface area contributed by atoms with E-state index in [0.717, 1.165) is 12.1 Å². The van der Waals surface area contributed by atoms with Crippen LogP contribution in [-0.2, 0) is 9.53 Å². The highest BCUT2D eigenvalue weighted by atomic mass is 19.4. The SMILES string of the molecule is COC(=O)c1ccc(OC)c(Nc2cc(-c3cccc(OC(F)(F)F)c3)nc(NCC(=O)O)n2)c1.